The molecule has 0 radical (unpaired) electrons. The summed E-state index contributed by atoms with van der Waals surface area (Å²) < 4.78 is 39.5. The van der Waals surface area contributed by atoms with Gasteiger partial charge < -0.3 is 9.80 Å². The second-order valence-electron chi connectivity index (χ2n) is 7.56. The lowest BCUT2D eigenvalue weighted by atomic mass is 10.1. The second kappa shape index (κ2) is 7.71. The topological polar surface area (TPSA) is 78.0 Å². The molecule has 7 nitrogen and oxygen atoms in total. The van der Waals surface area contributed by atoms with E-state index in [-0.39, 0.29) is 23.2 Å². The Kier molecular flexibility index (Phi) is 5.23. The summed E-state index contributed by atoms with van der Waals surface area (Å²) >= 11 is 0. The van der Waals surface area contributed by atoms with Gasteiger partial charge >= 0.3 is 0 Å². The molecule has 0 aromatic heterocycles. The van der Waals surface area contributed by atoms with E-state index in [0.29, 0.717) is 37.4 Å². The minimum atomic E-state index is -3.73. The predicted molar refractivity (Wildman–Crippen MR) is 111 cm³/mol. The third-order valence-corrected chi connectivity index (χ3v) is 7.32. The van der Waals surface area contributed by atoms with Crippen molar-refractivity contribution in [1.29, 1.82) is 0 Å². The van der Waals surface area contributed by atoms with Crippen LogP contribution in [0.4, 0.5) is 15.8 Å². The molecule has 2 aliphatic rings. The van der Waals surface area contributed by atoms with E-state index in [2.05, 4.69) is 0 Å². The smallest absolute Gasteiger partial charge is 0.254 e. The standard InChI is InChI=1S/C21H22FN3O4S/c1-15-14-30(28,29)25(20(15)26)17-6-4-5-16(13-17)21(27)24-11-9-23(10-12-24)19-8-3-2-7-18(19)22/h2-8,13,15H,9-12,14H2,1H3/t15-/m0/s1. The Bertz CT molecular complexity index is 1100. The molecule has 0 N–H and O–H groups in total. The fourth-order valence-corrected chi connectivity index (χ4v) is 5.71. The van der Waals surface area contributed by atoms with Crippen LogP contribution in [0.2, 0.25) is 0 Å². The van der Waals surface area contributed by atoms with Crippen molar-refractivity contribution in [2.75, 3.05) is 41.1 Å². The summed E-state index contributed by atoms with van der Waals surface area (Å²) in [5.74, 6) is -1.88. The van der Waals surface area contributed by atoms with Crippen LogP contribution in [-0.2, 0) is 14.8 Å². The third kappa shape index (κ3) is 3.65. The number of halogens is 1. The first-order valence-corrected chi connectivity index (χ1v) is 11.3. The summed E-state index contributed by atoms with van der Waals surface area (Å²) in [7, 11) is -3.73. The number of amides is 2. The first-order valence-electron chi connectivity index (χ1n) is 9.73. The quantitative estimate of drug-likeness (QED) is 0.744. The first kappa shape index (κ1) is 20.3. The molecule has 0 bridgehead atoms. The summed E-state index contributed by atoms with van der Waals surface area (Å²) in [5, 5.41) is 0. The van der Waals surface area contributed by atoms with E-state index in [1.807, 2.05) is 4.90 Å². The highest BCUT2D eigenvalue weighted by Gasteiger charge is 2.42. The van der Waals surface area contributed by atoms with Gasteiger partial charge in [0.05, 0.1) is 23.0 Å². The predicted octanol–water partition coefficient (Wildman–Crippen LogP) is 2.10. The minimum Gasteiger partial charge on any atom is -0.366 e. The van der Waals surface area contributed by atoms with Crippen molar-refractivity contribution in [3.63, 3.8) is 0 Å². The monoisotopic (exact) mass is 431 g/mol. The maximum absolute atomic E-state index is 14.0. The van der Waals surface area contributed by atoms with Crippen molar-refractivity contribution in [1.82, 2.24) is 4.90 Å². The van der Waals surface area contributed by atoms with Crippen molar-refractivity contribution in [2.45, 2.75) is 6.92 Å². The molecule has 0 unspecified atom stereocenters. The zero-order chi connectivity index (χ0) is 21.5. The van der Waals surface area contributed by atoms with Crippen molar-refractivity contribution >= 4 is 33.2 Å². The molecular formula is C21H22FN3O4S. The van der Waals surface area contributed by atoms with Gasteiger partial charge in [-0.2, -0.15) is 0 Å². The lowest BCUT2D eigenvalue weighted by molar-refractivity contribution is -0.119. The number of rotatable bonds is 3. The van der Waals surface area contributed by atoms with Crippen LogP contribution in [-0.4, -0.2) is 57.1 Å². The molecular weight excluding hydrogens is 409 g/mol. The van der Waals surface area contributed by atoms with Crippen LogP contribution in [0.1, 0.15) is 17.3 Å². The van der Waals surface area contributed by atoms with E-state index in [0.717, 1.165) is 4.31 Å². The van der Waals surface area contributed by atoms with Crippen molar-refractivity contribution in [3.8, 4) is 0 Å². The zero-order valence-corrected chi connectivity index (χ0v) is 17.3. The molecule has 2 aliphatic heterocycles. The van der Waals surface area contributed by atoms with Gasteiger partial charge in [-0.05, 0) is 30.3 Å². The molecule has 2 heterocycles. The molecule has 0 spiro atoms. The van der Waals surface area contributed by atoms with E-state index in [4.69, 9.17) is 0 Å². The molecule has 158 valence electrons. The molecule has 0 saturated carbocycles. The van der Waals surface area contributed by atoms with Crippen LogP contribution in [0, 0.1) is 11.7 Å². The Morgan fingerprint density at radius 3 is 2.37 bits per heavy atom. The van der Waals surface area contributed by atoms with Crippen molar-refractivity contribution in [3.05, 3.63) is 59.9 Å². The summed E-state index contributed by atoms with van der Waals surface area (Å²) in [6.45, 7) is 3.38. The lowest BCUT2D eigenvalue weighted by Gasteiger charge is -2.36. The van der Waals surface area contributed by atoms with Crippen molar-refractivity contribution in [2.24, 2.45) is 5.92 Å². The molecule has 2 aromatic carbocycles. The highest BCUT2D eigenvalue weighted by Crippen LogP contribution is 2.29. The van der Waals surface area contributed by atoms with Crippen LogP contribution >= 0.6 is 0 Å². The van der Waals surface area contributed by atoms with Gasteiger partial charge in [-0.3, -0.25) is 9.59 Å². The highest BCUT2D eigenvalue weighted by atomic mass is 32.2. The van der Waals surface area contributed by atoms with Crippen LogP contribution in [0.5, 0.6) is 0 Å². The summed E-state index contributed by atoms with van der Waals surface area (Å²) in [6.07, 6.45) is 0. The maximum Gasteiger partial charge on any atom is 0.254 e. The van der Waals surface area contributed by atoms with E-state index in [9.17, 15) is 22.4 Å². The molecule has 1 atom stereocenters. The number of piperazine rings is 1. The lowest BCUT2D eigenvalue weighted by Crippen LogP contribution is -2.49. The average molecular weight is 431 g/mol. The second-order valence-corrected chi connectivity index (χ2v) is 9.43. The molecule has 4 rings (SSSR count). The van der Waals surface area contributed by atoms with E-state index in [1.165, 1.54) is 18.2 Å². The average Bonchev–Trinajstić information content (AvgIpc) is 2.94. The molecule has 2 fully saturated rings. The number of para-hydroxylation sites is 1. The van der Waals surface area contributed by atoms with Crippen molar-refractivity contribution < 1.29 is 22.4 Å². The Balaban J connectivity index is 1.50. The number of benzene rings is 2. The van der Waals surface area contributed by atoms with Crippen LogP contribution in [0.3, 0.4) is 0 Å². The fraction of sp³-hybridized carbons (Fsp3) is 0.333. The van der Waals surface area contributed by atoms with Gasteiger partial charge in [-0.1, -0.05) is 25.1 Å². The summed E-state index contributed by atoms with van der Waals surface area (Å²) in [4.78, 5) is 28.8. The number of hydrogen-bond acceptors (Lipinski definition) is 5. The number of hydrogen-bond donors (Lipinski definition) is 0. The fourth-order valence-electron chi connectivity index (χ4n) is 3.89. The Labute approximate surface area is 174 Å². The van der Waals surface area contributed by atoms with Gasteiger partial charge in [0.25, 0.3) is 5.91 Å². The normalized spacial score (nSPS) is 21.2. The molecule has 2 amide bonds. The van der Waals surface area contributed by atoms with Gasteiger partial charge in [-0.15, -0.1) is 0 Å². The zero-order valence-electron chi connectivity index (χ0n) is 16.5. The summed E-state index contributed by atoms with van der Waals surface area (Å²) in [5.41, 5.74) is 1.01. The third-order valence-electron chi connectivity index (χ3n) is 5.45. The van der Waals surface area contributed by atoms with Crippen LogP contribution in [0.25, 0.3) is 0 Å². The first-order chi connectivity index (χ1) is 14.3. The Morgan fingerprint density at radius 2 is 1.73 bits per heavy atom. The Hall–Kier alpha value is -2.94. The van der Waals surface area contributed by atoms with Gasteiger partial charge in [0.1, 0.15) is 5.82 Å². The van der Waals surface area contributed by atoms with Gasteiger partial charge in [0.15, 0.2) is 0 Å². The number of anilines is 2. The molecule has 0 aliphatic carbocycles. The SMILES string of the molecule is C[C@H]1CS(=O)(=O)N(c2cccc(C(=O)N3CCN(c4ccccc4F)CC3)c2)C1=O. The summed E-state index contributed by atoms with van der Waals surface area (Å²) in [6, 6.07) is 12.7. The molecule has 30 heavy (non-hydrogen) atoms. The molecule has 9 heteroatoms. The largest absolute Gasteiger partial charge is 0.366 e. The van der Waals surface area contributed by atoms with E-state index < -0.39 is 21.8 Å². The van der Waals surface area contributed by atoms with Gasteiger partial charge in [-0.25, -0.2) is 17.1 Å². The minimum absolute atomic E-state index is 0.181. The Morgan fingerprint density at radius 1 is 1.03 bits per heavy atom. The van der Waals surface area contributed by atoms with Gasteiger partial charge in [0.2, 0.25) is 15.9 Å². The molecule has 2 saturated heterocycles. The van der Waals surface area contributed by atoms with E-state index >= 15 is 0 Å². The maximum atomic E-state index is 14.0. The van der Waals surface area contributed by atoms with E-state index in [1.54, 1.807) is 42.2 Å². The number of nitrogens with zero attached hydrogens (tertiary/aromatic N) is 3. The van der Waals surface area contributed by atoms with Gasteiger partial charge in [0, 0.05) is 31.7 Å². The number of carbonyl (C=O) groups is 2. The number of sulfonamides is 1. The molecule has 2 aromatic rings. The number of carbonyl (C=O) groups excluding carboxylic acids is 2. The van der Waals surface area contributed by atoms with Crippen LogP contribution < -0.4 is 9.21 Å². The highest BCUT2D eigenvalue weighted by molar-refractivity contribution is 7.94. The van der Waals surface area contributed by atoms with Crippen LogP contribution in [0.15, 0.2) is 48.5 Å².